The maximum Gasteiger partial charge on any atom is 0.129 e. The average Bonchev–Trinajstić information content (AvgIpc) is 2.72. The molecule has 150 valence electrons. The Morgan fingerprint density at radius 3 is 2.46 bits per heavy atom. The summed E-state index contributed by atoms with van der Waals surface area (Å²) in [4.78, 5) is 2.94. The minimum Gasteiger partial charge on any atom is -0.488 e. The van der Waals surface area contributed by atoms with Crippen molar-refractivity contribution in [3.63, 3.8) is 0 Å². The zero-order valence-corrected chi connectivity index (χ0v) is 17.2. The summed E-state index contributed by atoms with van der Waals surface area (Å²) in [6.45, 7) is 7.58. The molecule has 0 unspecified atom stereocenters. The number of rotatable bonds is 12. The molecule has 2 aromatic carbocycles. The number of nitrogens with zero attached hydrogens (tertiary/aromatic N) is 1. The number of aliphatic hydroxyl groups excluding tert-OH is 2. The van der Waals surface area contributed by atoms with Gasteiger partial charge in [-0.25, -0.2) is 0 Å². The van der Waals surface area contributed by atoms with E-state index in [0.717, 1.165) is 33.2 Å². The summed E-state index contributed by atoms with van der Waals surface area (Å²) in [6.07, 6.45) is 4.01. The van der Waals surface area contributed by atoms with E-state index in [2.05, 4.69) is 13.5 Å². The van der Waals surface area contributed by atoms with Gasteiger partial charge in [-0.05, 0) is 29.5 Å². The number of ether oxygens (including phenoxy) is 1. The molecule has 5 heteroatoms. The van der Waals surface area contributed by atoms with E-state index in [1.54, 1.807) is 11.8 Å². The molecular weight excluding hydrogens is 370 g/mol. The lowest BCUT2D eigenvalue weighted by Crippen LogP contribution is -2.29. The molecule has 4 nitrogen and oxygen atoms in total. The standard InChI is InChI=1S/C23H29NO3S/c1-3-28-19(2)9-10-21-11-12-22(24(13-15-25)14-16-26)17-23(21)27-18-20-7-5-4-6-8-20/h4-12,17,25-26H,2-3,13-16,18H2,1H3/b10-9+. The molecule has 0 spiro atoms. The smallest absolute Gasteiger partial charge is 0.129 e. The molecule has 0 aromatic heterocycles. The van der Waals surface area contributed by atoms with Gasteiger partial charge in [0.25, 0.3) is 0 Å². The van der Waals surface area contributed by atoms with Crippen molar-refractivity contribution < 1.29 is 14.9 Å². The predicted molar refractivity (Wildman–Crippen MR) is 120 cm³/mol. The minimum atomic E-state index is 0.0237. The summed E-state index contributed by atoms with van der Waals surface area (Å²) >= 11 is 1.70. The third-order valence-corrected chi connectivity index (χ3v) is 4.91. The van der Waals surface area contributed by atoms with E-state index >= 15 is 0 Å². The first-order valence-corrected chi connectivity index (χ1v) is 10.4. The molecule has 2 rings (SSSR count). The number of hydrogen-bond acceptors (Lipinski definition) is 5. The first kappa shape index (κ1) is 22.1. The van der Waals surface area contributed by atoms with Crippen LogP contribution in [0.1, 0.15) is 18.1 Å². The second kappa shape index (κ2) is 12.3. The monoisotopic (exact) mass is 399 g/mol. The zero-order valence-electron chi connectivity index (χ0n) is 16.4. The summed E-state index contributed by atoms with van der Waals surface area (Å²) in [5.74, 6) is 1.74. The minimum absolute atomic E-state index is 0.0237. The van der Waals surface area contributed by atoms with E-state index in [0.29, 0.717) is 19.7 Å². The van der Waals surface area contributed by atoms with E-state index in [1.807, 2.05) is 65.6 Å². The fourth-order valence-electron chi connectivity index (χ4n) is 2.75. The van der Waals surface area contributed by atoms with Crippen LogP contribution in [0.4, 0.5) is 5.69 Å². The van der Waals surface area contributed by atoms with Crippen molar-refractivity contribution in [1.29, 1.82) is 0 Å². The number of thioether (sulfide) groups is 1. The summed E-state index contributed by atoms with van der Waals surface area (Å²) in [7, 11) is 0. The number of allylic oxidation sites excluding steroid dienone is 1. The molecule has 0 aliphatic heterocycles. The molecule has 28 heavy (non-hydrogen) atoms. The van der Waals surface area contributed by atoms with Crippen LogP contribution in [0.25, 0.3) is 6.08 Å². The molecule has 0 aliphatic carbocycles. The van der Waals surface area contributed by atoms with E-state index in [-0.39, 0.29) is 13.2 Å². The van der Waals surface area contributed by atoms with Crippen molar-refractivity contribution in [1.82, 2.24) is 0 Å². The average molecular weight is 400 g/mol. The van der Waals surface area contributed by atoms with Crippen molar-refractivity contribution in [2.24, 2.45) is 0 Å². The molecular formula is C23H29NO3S. The van der Waals surface area contributed by atoms with Crippen LogP contribution in [0.5, 0.6) is 5.75 Å². The van der Waals surface area contributed by atoms with E-state index in [9.17, 15) is 10.2 Å². The predicted octanol–water partition coefficient (Wildman–Crippen LogP) is 4.34. The lowest BCUT2D eigenvalue weighted by molar-refractivity contribution is 0.280. The Labute approximate surface area is 172 Å². The molecule has 2 N–H and O–H groups in total. The third kappa shape index (κ3) is 7.08. The Hall–Kier alpha value is -2.21. The second-order valence-corrected chi connectivity index (χ2v) is 7.55. The van der Waals surface area contributed by atoms with Gasteiger partial charge in [0.1, 0.15) is 12.4 Å². The Bertz CT molecular complexity index is 756. The van der Waals surface area contributed by atoms with Gasteiger partial charge in [0, 0.05) is 35.3 Å². The van der Waals surface area contributed by atoms with Crippen LogP contribution >= 0.6 is 11.8 Å². The Kier molecular flexibility index (Phi) is 9.69. The molecule has 2 aromatic rings. The van der Waals surface area contributed by atoms with Gasteiger partial charge in [-0.2, -0.15) is 0 Å². The van der Waals surface area contributed by atoms with Crippen molar-refractivity contribution >= 4 is 23.5 Å². The van der Waals surface area contributed by atoms with Crippen LogP contribution in [0, 0.1) is 0 Å². The normalized spacial score (nSPS) is 11.0. The highest BCUT2D eigenvalue weighted by molar-refractivity contribution is 8.03. The number of aliphatic hydroxyl groups is 2. The SMILES string of the molecule is C=C(/C=C/c1ccc(N(CCO)CCO)cc1OCc1ccccc1)SCC. The van der Waals surface area contributed by atoms with Gasteiger partial charge in [-0.1, -0.05) is 49.9 Å². The van der Waals surface area contributed by atoms with Gasteiger partial charge in [0.2, 0.25) is 0 Å². The maximum absolute atomic E-state index is 9.32. The topological polar surface area (TPSA) is 52.9 Å². The number of benzene rings is 2. The molecule has 0 aliphatic rings. The van der Waals surface area contributed by atoms with Crippen LogP contribution in [-0.2, 0) is 6.61 Å². The second-order valence-electron chi connectivity index (χ2n) is 6.16. The first-order chi connectivity index (χ1) is 13.7. The van der Waals surface area contributed by atoms with Gasteiger partial charge < -0.3 is 19.8 Å². The molecule has 0 fully saturated rings. The number of anilines is 1. The fraction of sp³-hybridized carbons (Fsp3) is 0.304. The lowest BCUT2D eigenvalue weighted by Gasteiger charge is -2.24. The zero-order chi connectivity index (χ0) is 20.2. The largest absolute Gasteiger partial charge is 0.488 e. The molecule has 0 bridgehead atoms. The summed E-state index contributed by atoms with van der Waals surface area (Å²) < 4.78 is 6.12. The lowest BCUT2D eigenvalue weighted by atomic mass is 10.1. The summed E-state index contributed by atoms with van der Waals surface area (Å²) in [5.41, 5.74) is 2.96. The quantitative estimate of drug-likeness (QED) is 0.520. The Morgan fingerprint density at radius 2 is 1.82 bits per heavy atom. The highest BCUT2D eigenvalue weighted by Gasteiger charge is 2.10. The van der Waals surface area contributed by atoms with Crippen LogP contribution in [0.3, 0.4) is 0 Å². The Balaban J connectivity index is 2.27. The van der Waals surface area contributed by atoms with Gasteiger partial charge in [-0.15, -0.1) is 11.8 Å². The van der Waals surface area contributed by atoms with E-state index in [1.165, 1.54) is 0 Å². The molecule has 0 heterocycles. The summed E-state index contributed by atoms with van der Waals surface area (Å²) in [5, 5.41) is 18.6. The van der Waals surface area contributed by atoms with Crippen molar-refractivity contribution in [3.05, 3.63) is 77.2 Å². The van der Waals surface area contributed by atoms with Crippen molar-refractivity contribution in [2.75, 3.05) is 37.0 Å². The highest BCUT2D eigenvalue weighted by Crippen LogP contribution is 2.29. The van der Waals surface area contributed by atoms with Crippen molar-refractivity contribution in [3.8, 4) is 5.75 Å². The molecule has 0 saturated heterocycles. The number of hydrogen-bond donors (Lipinski definition) is 2. The highest BCUT2D eigenvalue weighted by atomic mass is 32.2. The fourth-order valence-corrected chi connectivity index (χ4v) is 3.28. The van der Waals surface area contributed by atoms with Gasteiger partial charge >= 0.3 is 0 Å². The molecule has 0 radical (unpaired) electrons. The van der Waals surface area contributed by atoms with Gasteiger partial charge in [0.15, 0.2) is 0 Å². The van der Waals surface area contributed by atoms with Crippen LogP contribution in [-0.4, -0.2) is 42.3 Å². The van der Waals surface area contributed by atoms with Crippen molar-refractivity contribution in [2.45, 2.75) is 13.5 Å². The van der Waals surface area contributed by atoms with Gasteiger partial charge in [0.05, 0.1) is 13.2 Å². The van der Waals surface area contributed by atoms with Crippen LogP contribution in [0.15, 0.2) is 66.1 Å². The maximum atomic E-state index is 9.32. The molecule has 0 saturated carbocycles. The van der Waals surface area contributed by atoms with E-state index in [4.69, 9.17) is 4.74 Å². The van der Waals surface area contributed by atoms with E-state index < -0.39 is 0 Å². The molecule has 0 atom stereocenters. The summed E-state index contributed by atoms with van der Waals surface area (Å²) in [6, 6.07) is 16.0. The van der Waals surface area contributed by atoms with Gasteiger partial charge in [-0.3, -0.25) is 0 Å². The first-order valence-electron chi connectivity index (χ1n) is 9.45. The third-order valence-electron chi connectivity index (χ3n) is 4.12. The van der Waals surface area contributed by atoms with Crippen LogP contribution in [0.2, 0.25) is 0 Å². The Morgan fingerprint density at radius 1 is 1.11 bits per heavy atom. The molecule has 0 amide bonds. The van der Waals surface area contributed by atoms with Crippen LogP contribution < -0.4 is 9.64 Å².